The number of carbonyl (C=O) groups excluding carboxylic acids is 2. The minimum absolute atomic E-state index is 0.214. The molecule has 0 atom stereocenters. The summed E-state index contributed by atoms with van der Waals surface area (Å²) in [4.78, 5) is 24.1. The van der Waals surface area contributed by atoms with Crippen molar-refractivity contribution in [3.8, 4) is 16.9 Å². The predicted molar refractivity (Wildman–Crippen MR) is 105 cm³/mol. The Morgan fingerprint density at radius 3 is 2.46 bits per heavy atom. The smallest absolute Gasteiger partial charge is 0.279 e. The van der Waals surface area contributed by atoms with Crippen LogP contribution in [0.25, 0.3) is 11.1 Å². The third kappa shape index (κ3) is 4.71. The van der Waals surface area contributed by atoms with Gasteiger partial charge in [-0.2, -0.15) is 0 Å². The molecule has 1 heterocycles. The zero-order chi connectivity index (χ0) is 18.4. The molecular weight excluding hydrogens is 416 g/mol. The standard InChI is InChI=1S/C19H15BrN2O3S/c20-15-11-14(13-5-2-1-3-6-13)8-9-16(15)25-12-18(23)21-22-19(24)17-7-4-10-26-17/h1-11H,12H2,(H,21,23)(H,22,24). The van der Waals surface area contributed by atoms with Crippen LogP contribution >= 0.6 is 27.3 Å². The summed E-state index contributed by atoms with van der Waals surface area (Å²) in [6.07, 6.45) is 0. The normalized spacial score (nSPS) is 10.2. The molecule has 3 rings (SSSR count). The van der Waals surface area contributed by atoms with E-state index < -0.39 is 5.91 Å². The number of hydrogen-bond acceptors (Lipinski definition) is 4. The molecular formula is C19H15BrN2O3S. The average molecular weight is 431 g/mol. The van der Waals surface area contributed by atoms with Crippen LogP contribution < -0.4 is 15.6 Å². The molecule has 0 saturated heterocycles. The van der Waals surface area contributed by atoms with E-state index in [9.17, 15) is 9.59 Å². The Balaban J connectivity index is 1.53. The highest BCUT2D eigenvalue weighted by molar-refractivity contribution is 9.10. The lowest BCUT2D eigenvalue weighted by Gasteiger charge is -2.11. The Morgan fingerprint density at radius 2 is 1.77 bits per heavy atom. The largest absolute Gasteiger partial charge is 0.483 e. The highest BCUT2D eigenvalue weighted by Gasteiger charge is 2.10. The molecule has 2 N–H and O–H groups in total. The monoisotopic (exact) mass is 430 g/mol. The Bertz CT molecular complexity index is 898. The average Bonchev–Trinajstić information content (AvgIpc) is 3.20. The summed E-state index contributed by atoms with van der Waals surface area (Å²) in [7, 11) is 0. The molecule has 0 fully saturated rings. The highest BCUT2D eigenvalue weighted by Crippen LogP contribution is 2.30. The number of rotatable bonds is 5. The van der Waals surface area contributed by atoms with Crippen LogP contribution in [0.2, 0.25) is 0 Å². The van der Waals surface area contributed by atoms with Crippen LogP contribution in [0.15, 0.2) is 70.5 Å². The maximum Gasteiger partial charge on any atom is 0.279 e. The van der Waals surface area contributed by atoms with Gasteiger partial charge in [-0.25, -0.2) is 0 Å². The fourth-order valence-corrected chi connectivity index (χ4v) is 3.32. The summed E-state index contributed by atoms with van der Waals surface area (Å²) >= 11 is 4.75. The van der Waals surface area contributed by atoms with Crippen LogP contribution in [-0.2, 0) is 4.79 Å². The Morgan fingerprint density at radius 1 is 0.962 bits per heavy atom. The maximum absolute atomic E-state index is 11.8. The molecule has 7 heteroatoms. The van der Waals surface area contributed by atoms with E-state index in [2.05, 4.69) is 26.8 Å². The van der Waals surface area contributed by atoms with Crippen LogP contribution in [0.3, 0.4) is 0 Å². The molecule has 3 aromatic rings. The van der Waals surface area contributed by atoms with Gasteiger partial charge in [0.2, 0.25) is 0 Å². The van der Waals surface area contributed by atoms with Gasteiger partial charge in [0.15, 0.2) is 6.61 Å². The van der Waals surface area contributed by atoms with Crippen molar-refractivity contribution < 1.29 is 14.3 Å². The van der Waals surface area contributed by atoms with Gasteiger partial charge in [0, 0.05) is 0 Å². The number of hydrazine groups is 1. The van der Waals surface area contributed by atoms with Gasteiger partial charge in [-0.3, -0.25) is 20.4 Å². The highest BCUT2D eigenvalue weighted by atomic mass is 79.9. The molecule has 0 unspecified atom stereocenters. The summed E-state index contributed by atoms with van der Waals surface area (Å²) < 4.78 is 6.25. The second-order valence-electron chi connectivity index (χ2n) is 5.28. The SMILES string of the molecule is O=C(COc1ccc(-c2ccccc2)cc1Br)NNC(=O)c1cccs1. The van der Waals surface area contributed by atoms with E-state index in [4.69, 9.17) is 4.74 Å². The lowest BCUT2D eigenvalue weighted by Crippen LogP contribution is -2.43. The van der Waals surface area contributed by atoms with Crippen molar-refractivity contribution in [1.82, 2.24) is 10.9 Å². The van der Waals surface area contributed by atoms with Crippen LogP contribution in [0, 0.1) is 0 Å². The number of amides is 2. The minimum Gasteiger partial charge on any atom is -0.483 e. The molecule has 5 nitrogen and oxygen atoms in total. The fraction of sp³-hybridized carbons (Fsp3) is 0.0526. The van der Waals surface area contributed by atoms with Gasteiger partial charge in [-0.05, 0) is 50.6 Å². The van der Waals surface area contributed by atoms with E-state index in [0.29, 0.717) is 10.6 Å². The first-order chi connectivity index (χ1) is 12.6. The molecule has 0 radical (unpaired) electrons. The fourth-order valence-electron chi connectivity index (χ4n) is 2.20. The van der Waals surface area contributed by atoms with Gasteiger partial charge in [0.05, 0.1) is 9.35 Å². The lowest BCUT2D eigenvalue weighted by atomic mass is 10.1. The van der Waals surface area contributed by atoms with Gasteiger partial charge >= 0.3 is 0 Å². The van der Waals surface area contributed by atoms with Crippen molar-refractivity contribution >= 4 is 39.1 Å². The molecule has 0 saturated carbocycles. The molecule has 2 aromatic carbocycles. The molecule has 132 valence electrons. The number of thiophene rings is 1. The zero-order valence-corrected chi connectivity index (χ0v) is 16.0. The van der Waals surface area contributed by atoms with E-state index >= 15 is 0 Å². The van der Waals surface area contributed by atoms with Crippen molar-refractivity contribution in [2.45, 2.75) is 0 Å². The van der Waals surface area contributed by atoms with E-state index in [1.165, 1.54) is 11.3 Å². The second kappa shape index (κ2) is 8.64. The lowest BCUT2D eigenvalue weighted by molar-refractivity contribution is -0.123. The number of hydrogen-bond donors (Lipinski definition) is 2. The van der Waals surface area contributed by atoms with E-state index in [1.807, 2.05) is 42.5 Å². The molecule has 2 amide bonds. The van der Waals surface area contributed by atoms with Crippen molar-refractivity contribution in [2.24, 2.45) is 0 Å². The van der Waals surface area contributed by atoms with E-state index in [1.54, 1.807) is 23.6 Å². The molecule has 26 heavy (non-hydrogen) atoms. The van der Waals surface area contributed by atoms with Crippen LogP contribution in [0.4, 0.5) is 0 Å². The molecule has 0 spiro atoms. The number of halogens is 1. The van der Waals surface area contributed by atoms with Gasteiger partial charge < -0.3 is 4.74 Å². The van der Waals surface area contributed by atoms with E-state index in [-0.39, 0.29) is 12.5 Å². The predicted octanol–water partition coefficient (Wildman–Crippen LogP) is 4.02. The Kier molecular flexibility index (Phi) is 6.04. The Hall–Kier alpha value is -2.64. The van der Waals surface area contributed by atoms with Crippen LogP contribution in [-0.4, -0.2) is 18.4 Å². The molecule has 1 aromatic heterocycles. The molecule has 0 aliphatic rings. The topological polar surface area (TPSA) is 67.4 Å². The second-order valence-corrected chi connectivity index (χ2v) is 7.08. The maximum atomic E-state index is 11.8. The van der Waals surface area contributed by atoms with Gasteiger partial charge in [0.1, 0.15) is 5.75 Å². The molecule has 0 bridgehead atoms. The molecule has 0 aliphatic carbocycles. The third-order valence-corrected chi connectivity index (χ3v) is 4.95. The Labute approximate surface area is 163 Å². The van der Waals surface area contributed by atoms with Gasteiger partial charge in [0.25, 0.3) is 11.8 Å². The first-order valence-electron chi connectivity index (χ1n) is 7.74. The van der Waals surface area contributed by atoms with Crippen molar-refractivity contribution in [1.29, 1.82) is 0 Å². The summed E-state index contributed by atoms with van der Waals surface area (Å²) in [6.45, 7) is -0.214. The van der Waals surface area contributed by atoms with Crippen molar-refractivity contribution in [2.75, 3.05) is 6.61 Å². The summed E-state index contributed by atoms with van der Waals surface area (Å²) in [5, 5.41) is 1.79. The summed E-state index contributed by atoms with van der Waals surface area (Å²) in [6, 6.07) is 19.0. The van der Waals surface area contributed by atoms with E-state index in [0.717, 1.165) is 15.6 Å². The molecule has 0 aliphatic heterocycles. The summed E-state index contributed by atoms with van der Waals surface area (Å²) in [5.74, 6) is -0.264. The first-order valence-corrected chi connectivity index (χ1v) is 9.41. The van der Waals surface area contributed by atoms with Crippen molar-refractivity contribution in [3.63, 3.8) is 0 Å². The number of benzene rings is 2. The van der Waals surface area contributed by atoms with Crippen LogP contribution in [0.5, 0.6) is 5.75 Å². The first kappa shape index (κ1) is 18.2. The zero-order valence-electron chi connectivity index (χ0n) is 13.6. The van der Waals surface area contributed by atoms with Crippen molar-refractivity contribution in [3.05, 3.63) is 75.4 Å². The van der Waals surface area contributed by atoms with Gasteiger partial charge in [-0.1, -0.05) is 42.5 Å². The number of nitrogens with one attached hydrogen (secondary N) is 2. The third-order valence-electron chi connectivity index (χ3n) is 3.46. The number of carbonyl (C=O) groups is 2. The number of ether oxygens (including phenoxy) is 1. The van der Waals surface area contributed by atoms with Gasteiger partial charge in [-0.15, -0.1) is 11.3 Å². The quantitative estimate of drug-likeness (QED) is 0.600. The van der Waals surface area contributed by atoms with Crippen LogP contribution in [0.1, 0.15) is 9.67 Å². The minimum atomic E-state index is -0.450. The summed E-state index contributed by atoms with van der Waals surface area (Å²) in [5.41, 5.74) is 6.80.